The molecule has 8 aromatic rings. The highest BCUT2D eigenvalue weighted by Crippen LogP contribution is 2.40. The van der Waals surface area contributed by atoms with Crippen molar-refractivity contribution in [2.45, 2.75) is 0 Å². The molecule has 0 aliphatic carbocycles. The normalized spacial score (nSPS) is 11.7. The van der Waals surface area contributed by atoms with E-state index in [1.54, 1.807) is 0 Å². The van der Waals surface area contributed by atoms with Gasteiger partial charge in [-0.05, 0) is 52.6 Å². The van der Waals surface area contributed by atoms with Crippen LogP contribution < -0.4 is 0 Å². The number of para-hydroxylation sites is 2. The summed E-state index contributed by atoms with van der Waals surface area (Å²) in [6, 6.07) is 50.5. The Kier molecular flexibility index (Phi) is 4.77. The quantitative estimate of drug-likeness (QED) is 0.229. The Morgan fingerprint density at radius 3 is 1.64 bits per heavy atom. The Hall–Kier alpha value is -5.08. The van der Waals surface area contributed by atoms with Crippen LogP contribution in [0.3, 0.4) is 0 Å². The molecule has 2 aromatic heterocycles. The van der Waals surface area contributed by atoms with Crippen molar-refractivity contribution in [3.05, 3.63) is 140 Å². The number of rotatable bonds is 3. The lowest BCUT2D eigenvalue weighted by molar-refractivity contribution is 1.01. The highest BCUT2D eigenvalue weighted by Gasteiger charge is 2.18. The summed E-state index contributed by atoms with van der Waals surface area (Å²) in [5, 5.41) is 5.14. The van der Waals surface area contributed by atoms with E-state index in [1.807, 2.05) is 0 Å². The van der Waals surface area contributed by atoms with Crippen LogP contribution in [0.2, 0.25) is 0 Å². The topological polar surface area (TPSA) is 9.86 Å². The lowest BCUT2D eigenvalue weighted by Crippen LogP contribution is -1.96. The summed E-state index contributed by atoms with van der Waals surface area (Å²) in [5.41, 5.74) is 11.1. The van der Waals surface area contributed by atoms with Crippen molar-refractivity contribution < 1.29 is 0 Å². The van der Waals surface area contributed by atoms with Crippen LogP contribution in [0.25, 0.3) is 71.6 Å². The summed E-state index contributed by atoms with van der Waals surface area (Å²) in [7, 11) is 2.19. The first-order chi connectivity index (χ1) is 19.3. The molecule has 2 heterocycles. The van der Waals surface area contributed by atoms with Gasteiger partial charge in [0.15, 0.2) is 0 Å². The van der Waals surface area contributed by atoms with E-state index in [2.05, 4.69) is 156 Å². The third-order valence-electron chi connectivity index (χ3n) is 8.13. The Balaban J connectivity index is 1.35. The van der Waals surface area contributed by atoms with Crippen LogP contribution in [0.15, 0.2) is 140 Å². The van der Waals surface area contributed by atoms with Gasteiger partial charge in [0.1, 0.15) is 0 Å². The maximum Gasteiger partial charge on any atom is 0.0785 e. The molecule has 0 saturated heterocycles. The van der Waals surface area contributed by atoms with Crippen LogP contribution in [0.1, 0.15) is 0 Å². The van der Waals surface area contributed by atoms with Crippen LogP contribution >= 0.6 is 0 Å². The molecular weight excluding hydrogens is 472 g/mol. The molecule has 6 aromatic carbocycles. The minimum absolute atomic E-state index is 1.17. The minimum atomic E-state index is 1.17. The Bertz CT molecular complexity index is 2160. The standard InChI is InChI=1S/C37H26N2/c1-38-34-16-7-5-14-30(34)32-22-23-33-31-15-6-8-17-35(31)39(37(33)36(32)38)29-20-18-26(19-21-29)28-13-9-12-27(24-28)25-10-3-2-4-11-25/h2-24H,1H3. The molecule has 184 valence electrons. The number of fused-ring (bicyclic) bond motifs is 7. The van der Waals surface area contributed by atoms with Crippen LogP contribution in [-0.2, 0) is 7.05 Å². The fourth-order valence-electron chi connectivity index (χ4n) is 6.29. The van der Waals surface area contributed by atoms with Gasteiger partial charge in [-0.2, -0.15) is 0 Å². The van der Waals surface area contributed by atoms with Gasteiger partial charge in [-0.15, -0.1) is 0 Å². The maximum absolute atomic E-state index is 2.44. The summed E-state index contributed by atoms with van der Waals surface area (Å²) in [5.74, 6) is 0. The molecule has 0 saturated carbocycles. The van der Waals surface area contributed by atoms with Crippen molar-refractivity contribution in [2.24, 2.45) is 7.05 Å². The van der Waals surface area contributed by atoms with E-state index in [9.17, 15) is 0 Å². The van der Waals surface area contributed by atoms with Crippen molar-refractivity contribution >= 4 is 43.6 Å². The van der Waals surface area contributed by atoms with Gasteiger partial charge in [0.2, 0.25) is 0 Å². The first-order valence-corrected chi connectivity index (χ1v) is 13.4. The zero-order valence-corrected chi connectivity index (χ0v) is 21.7. The molecule has 8 rings (SSSR count). The second-order valence-electron chi connectivity index (χ2n) is 10.3. The Labute approximate surface area is 227 Å². The summed E-state index contributed by atoms with van der Waals surface area (Å²) in [6.45, 7) is 0. The predicted molar refractivity (Wildman–Crippen MR) is 166 cm³/mol. The molecule has 2 nitrogen and oxygen atoms in total. The number of benzene rings is 6. The second-order valence-corrected chi connectivity index (χ2v) is 10.3. The van der Waals surface area contributed by atoms with E-state index >= 15 is 0 Å². The van der Waals surface area contributed by atoms with E-state index < -0.39 is 0 Å². The molecule has 39 heavy (non-hydrogen) atoms. The maximum atomic E-state index is 2.44. The molecule has 0 aliphatic rings. The summed E-state index contributed by atoms with van der Waals surface area (Å²) < 4.78 is 4.79. The van der Waals surface area contributed by atoms with E-state index in [4.69, 9.17) is 0 Å². The number of hydrogen-bond donors (Lipinski definition) is 0. The number of hydrogen-bond acceptors (Lipinski definition) is 0. The van der Waals surface area contributed by atoms with Crippen molar-refractivity contribution in [3.63, 3.8) is 0 Å². The highest BCUT2D eigenvalue weighted by molar-refractivity contribution is 6.23. The summed E-state index contributed by atoms with van der Waals surface area (Å²) in [4.78, 5) is 0. The van der Waals surface area contributed by atoms with Crippen LogP contribution in [0.4, 0.5) is 0 Å². The zero-order valence-electron chi connectivity index (χ0n) is 21.7. The molecule has 2 heteroatoms. The second kappa shape index (κ2) is 8.47. The molecule has 0 unspecified atom stereocenters. The van der Waals surface area contributed by atoms with Crippen molar-refractivity contribution in [1.82, 2.24) is 9.13 Å². The van der Waals surface area contributed by atoms with Gasteiger partial charge in [0, 0.05) is 39.8 Å². The number of nitrogens with zero attached hydrogens (tertiary/aromatic N) is 2. The van der Waals surface area contributed by atoms with E-state index in [0.29, 0.717) is 0 Å². The largest absolute Gasteiger partial charge is 0.342 e. The van der Waals surface area contributed by atoms with Gasteiger partial charge in [0.05, 0.1) is 16.6 Å². The Morgan fingerprint density at radius 2 is 0.923 bits per heavy atom. The van der Waals surface area contributed by atoms with Crippen molar-refractivity contribution in [1.29, 1.82) is 0 Å². The van der Waals surface area contributed by atoms with Crippen LogP contribution in [0, 0.1) is 0 Å². The monoisotopic (exact) mass is 498 g/mol. The highest BCUT2D eigenvalue weighted by atomic mass is 15.0. The average Bonchev–Trinajstić information content (AvgIpc) is 3.50. The van der Waals surface area contributed by atoms with Gasteiger partial charge in [-0.3, -0.25) is 0 Å². The smallest absolute Gasteiger partial charge is 0.0785 e. The fourth-order valence-corrected chi connectivity index (χ4v) is 6.29. The van der Waals surface area contributed by atoms with Gasteiger partial charge in [-0.1, -0.05) is 109 Å². The third-order valence-corrected chi connectivity index (χ3v) is 8.13. The van der Waals surface area contributed by atoms with Gasteiger partial charge >= 0.3 is 0 Å². The van der Waals surface area contributed by atoms with Crippen molar-refractivity contribution in [2.75, 3.05) is 0 Å². The first-order valence-electron chi connectivity index (χ1n) is 13.4. The van der Waals surface area contributed by atoms with Crippen LogP contribution in [0.5, 0.6) is 0 Å². The molecule has 0 spiro atoms. The molecular formula is C37H26N2. The lowest BCUT2D eigenvalue weighted by Gasteiger charge is -2.12. The Morgan fingerprint density at radius 1 is 0.385 bits per heavy atom. The zero-order chi connectivity index (χ0) is 25.9. The van der Waals surface area contributed by atoms with Gasteiger partial charge < -0.3 is 9.13 Å². The fraction of sp³-hybridized carbons (Fsp3) is 0.0270. The lowest BCUT2D eigenvalue weighted by atomic mass is 9.99. The average molecular weight is 499 g/mol. The molecule has 0 radical (unpaired) electrons. The van der Waals surface area contributed by atoms with Crippen LogP contribution in [-0.4, -0.2) is 9.13 Å². The number of aryl methyl sites for hydroxylation is 1. The van der Waals surface area contributed by atoms with Gasteiger partial charge in [-0.25, -0.2) is 0 Å². The van der Waals surface area contributed by atoms with E-state index in [-0.39, 0.29) is 0 Å². The summed E-state index contributed by atoms with van der Waals surface area (Å²) in [6.07, 6.45) is 0. The minimum Gasteiger partial charge on any atom is -0.342 e. The molecule has 0 aliphatic heterocycles. The van der Waals surface area contributed by atoms with E-state index in [0.717, 1.165) is 0 Å². The molecule has 0 fully saturated rings. The predicted octanol–water partition coefficient (Wildman–Crippen LogP) is 9.76. The third kappa shape index (κ3) is 3.28. The molecule has 0 N–H and O–H groups in total. The molecule has 0 amide bonds. The van der Waals surface area contributed by atoms with Gasteiger partial charge in [0.25, 0.3) is 0 Å². The molecule has 0 bridgehead atoms. The van der Waals surface area contributed by atoms with E-state index in [1.165, 1.54) is 71.6 Å². The first kappa shape index (κ1) is 22.0. The SMILES string of the molecule is Cn1c2ccccc2c2ccc3c4ccccc4n(-c4ccc(-c5cccc(-c6ccccc6)c5)cc4)c3c21. The molecule has 0 atom stereocenters. The van der Waals surface area contributed by atoms with Crippen molar-refractivity contribution in [3.8, 4) is 27.9 Å². The summed E-state index contributed by atoms with van der Waals surface area (Å²) >= 11 is 0. The number of aromatic nitrogens is 2.